The van der Waals surface area contributed by atoms with Gasteiger partial charge in [-0.3, -0.25) is 4.79 Å². The van der Waals surface area contributed by atoms with Gasteiger partial charge in [-0.05, 0) is 80.0 Å². The van der Waals surface area contributed by atoms with Crippen molar-refractivity contribution in [1.29, 1.82) is 0 Å². The van der Waals surface area contributed by atoms with Gasteiger partial charge in [0.2, 0.25) is 0 Å². The van der Waals surface area contributed by atoms with Crippen molar-refractivity contribution in [2.24, 2.45) is 35.0 Å². The van der Waals surface area contributed by atoms with E-state index in [-0.39, 0.29) is 12.5 Å². The van der Waals surface area contributed by atoms with Gasteiger partial charge in [-0.1, -0.05) is 57.4 Å². The zero-order valence-corrected chi connectivity index (χ0v) is 17.9. The van der Waals surface area contributed by atoms with Crippen LogP contribution in [0.25, 0.3) is 0 Å². The molecule has 5 atom stereocenters. The highest BCUT2D eigenvalue weighted by Crippen LogP contribution is 2.64. The normalized spacial score (nSPS) is 33.8. The number of carboxylic acids is 1. The van der Waals surface area contributed by atoms with Gasteiger partial charge in [0.25, 0.3) is 0 Å². The second kappa shape index (κ2) is 9.61. The van der Waals surface area contributed by atoms with Gasteiger partial charge in [0.15, 0.2) is 0 Å². The first-order chi connectivity index (χ1) is 13.4. The second-order valence-corrected chi connectivity index (χ2v) is 10.2. The number of hydrogen-bond acceptors (Lipinski definition) is 2. The summed E-state index contributed by atoms with van der Waals surface area (Å²) in [7, 11) is 0. The Morgan fingerprint density at radius 2 is 1.89 bits per heavy atom. The lowest BCUT2D eigenvalue weighted by Gasteiger charge is -2.62. The molecule has 3 heteroatoms. The first-order valence-corrected chi connectivity index (χ1v) is 11.6. The molecule has 2 N–H and O–H groups in total. The minimum atomic E-state index is -0.704. The Morgan fingerprint density at radius 1 is 1.14 bits per heavy atom. The van der Waals surface area contributed by atoms with E-state index in [0.29, 0.717) is 23.2 Å². The summed E-state index contributed by atoms with van der Waals surface area (Å²) in [5.41, 5.74) is 0.453. The van der Waals surface area contributed by atoms with Crippen LogP contribution in [0.1, 0.15) is 84.5 Å². The van der Waals surface area contributed by atoms with Crippen molar-refractivity contribution in [3.8, 4) is 0 Å². The molecule has 0 radical (unpaired) electrons. The van der Waals surface area contributed by atoms with Crippen LogP contribution in [0, 0.1) is 35.0 Å². The molecule has 4 saturated carbocycles. The largest absolute Gasteiger partial charge is 0.481 e. The molecule has 0 aromatic carbocycles. The van der Waals surface area contributed by atoms with Gasteiger partial charge in [0, 0.05) is 6.42 Å². The van der Waals surface area contributed by atoms with Crippen LogP contribution in [0.2, 0.25) is 0 Å². The van der Waals surface area contributed by atoms with Gasteiger partial charge in [0.05, 0.1) is 6.10 Å². The van der Waals surface area contributed by atoms with Crippen molar-refractivity contribution in [1.82, 2.24) is 0 Å². The Morgan fingerprint density at radius 3 is 2.57 bits per heavy atom. The average molecular weight is 389 g/mol. The number of hydrogen-bond donors (Lipinski definition) is 2. The topological polar surface area (TPSA) is 57.5 Å². The molecule has 0 saturated heterocycles. The van der Waals surface area contributed by atoms with Gasteiger partial charge >= 0.3 is 5.97 Å². The quantitative estimate of drug-likeness (QED) is 0.377. The summed E-state index contributed by atoms with van der Waals surface area (Å²) in [6.07, 6.45) is 20.5. The first kappa shape index (κ1) is 21.6. The van der Waals surface area contributed by atoms with Gasteiger partial charge in [0.1, 0.15) is 0 Å². The summed E-state index contributed by atoms with van der Waals surface area (Å²) in [5.74, 6) is 2.60. The fourth-order valence-corrected chi connectivity index (χ4v) is 6.18. The highest BCUT2D eigenvalue weighted by molar-refractivity contribution is 5.66. The minimum Gasteiger partial charge on any atom is -0.481 e. The third-order valence-corrected chi connectivity index (χ3v) is 8.19. The van der Waals surface area contributed by atoms with E-state index in [0.717, 1.165) is 31.1 Å². The fourth-order valence-electron chi connectivity index (χ4n) is 6.18. The van der Waals surface area contributed by atoms with E-state index in [1.54, 1.807) is 0 Å². The number of unbranched alkanes of at least 4 members (excludes halogenated alkanes) is 1. The number of carbonyl (C=O) groups is 1. The molecule has 28 heavy (non-hydrogen) atoms. The van der Waals surface area contributed by atoms with Crippen molar-refractivity contribution in [2.45, 2.75) is 90.6 Å². The highest BCUT2D eigenvalue weighted by Gasteiger charge is 2.56. The molecule has 3 nitrogen and oxygen atoms in total. The van der Waals surface area contributed by atoms with Crippen LogP contribution in [0.3, 0.4) is 0 Å². The molecule has 0 amide bonds. The van der Waals surface area contributed by atoms with E-state index >= 15 is 0 Å². The maximum Gasteiger partial charge on any atom is 0.303 e. The number of carboxylic acid groups (broad SMARTS) is 1. The van der Waals surface area contributed by atoms with E-state index in [1.807, 2.05) is 0 Å². The molecule has 0 aliphatic heterocycles. The molecular formula is C25H40O3. The lowest BCUT2D eigenvalue weighted by molar-refractivity contribution is -0.137. The monoisotopic (exact) mass is 388 g/mol. The molecule has 4 rings (SSSR count). The van der Waals surface area contributed by atoms with Gasteiger partial charge in [-0.25, -0.2) is 0 Å². The molecule has 4 fully saturated rings. The molecule has 0 aromatic heterocycles. The number of rotatable bonds is 9. The van der Waals surface area contributed by atoms with Crippen molar-refractivity contribution >= 4 is 5.97 Å². The maximum atomic E-state index is 10.6. The molecule has 4 aliphatic carbocycles. The summed E-state index contributed by atoms with van der Waals surface area (Å²) in [6.45, 7) is 4.87. The van der Waals surface area contributed by atoms with E-state index in [1.165, 1.54) is 44.9 Å². The fraction of sp³-hybridized carbons (Fsp3) is 0.800. The summed E-state index contributed by atoms with van der Waals surface area (Å²) < 4.78 is 0. The van der Waals surface area contributed by atoms with Crippen LogP contribution in [-0.4, -0.2) is 22.3 Å². The summed E-state index contributed by atoms with van der Waals surface area (Å²) in [6, 6.07) is 0. The molecule has 4 aliphatic rings. The molecule has 0 aromatic rings. The predicted molar refractivity (Wildman–Crippen MR) is 114 cm³/mol. The van der Waals surface area contributed by atoms with Crippen molar-refractivity contribution in [2.75, 3.05) is 0 Å². The number of fused-ring (bicyclic) bond motifs is 2. The Balaban J connectivity index is 1.56. The maximum absolute atomic E-state index is 10.6. The summed E-state index contributed by atoms with van der Waals surface area (Å²) in [5, 5.41) is 19.4. The minimum absolute atomic E-state index is 0.259. The Kier molecular flexibility index (Phi) is 7.42. The SMILES string of the molecule is CC1(C)[C@H]2C[C@H](/C=C/[C@@H](O)C3CCCCC3)[C@@H](C/C=C\CCCC(=O)O)[C@@H]1C2. The van der Waals surface area contributed by atoms with E-state index in [4.69, 9.17) is 5.11 Å². The van der Waals surface area contributed by atoms with Crippen LogP contribution in [0.15, 0.2) is 24.3 Å². The number of allylic oxidation sites excluding steroid dienone is 3. The summed E-state index contributed by atoms with van der Waals surface area (Å²) >= 11 is 0. The number of aliphatic hydroxyl groups excluding tert-OH is 1. The highest BCUT2D eigenvalue weighted by atomic mass is 16.4. The van der Waals surface area contributed by atoms with Crippen LogP contribution in [0.5, 0.6) is 0 Å². The third kappa shape index (κ3) is 5.09. The van der Waals surface area contributed by atoms with E-state index in [9.17, 15) is 9.90 Å². The molecule has 0 heterocycles. The van der Waals surface area contributed by atoms with Crippen LogP contribution >= 0.6 is 0 Å². The smallest absolute Gasteiger partial charge is 0.303 e. The van der Waals surface area contributed by atoms with E-state index < -0.39 is 5.97 Å². The Hall–Kier alpha value is -1.09. The van der Waals surface area contributed by atoms with Crippen LogP contribution in [0.4, 0.5) is 0 Å². The van der Waals surface area contributed by atoms with Crippen LogP contribution in [-0.2, 0) is 4.79 Å². The van der Waals surface area contributed by atoms with Gasteiger partial charge < -0.3 is 10.2 Å². The molecule has 0 spiro atoms. The average Bonchev–Trinajstić information content (AvgIpc) is 2.69. The number of aliphatic hydroxyl groups is 1. The van der Waals surface area contributed by atoms with Crippen molar-refractivity contribution < 1.29 is 15.0 Å². The molecule has 2 bridgehead atoms. The molecule has 158 valence electrons. The third-order valence-electron chi connectivity index (χ3n) is 8.19. The predicted octanol–water partition coefficient (Wildman–Crippen LogP) is 5.98. The zero-order valence-electron chi connectivity index (χ0n) is 17.9. The van der Waals surface area contributed by atoms with Crippen LogP contribution < -0.4 is 0 Å². The lowest BCUT2D eigenvalue weighted by Crippen LogP contribution is -2.55. The number of aliphatic carboxylic acids is 1. The lowest BCUT2D eigenvalue weighted by atomic mass is 9.43. The summed E-state index contributed by atoms with van der Waals surface area (Å²) in [4.78, 5) is 10.6. The molecule has 0 unspecified atom stereocenters. The van der Waals surface area contributed by atoms with Crippen molar-refractivity contribution in [3.63, 3.8) is 0 Å². The second-order valence-electron chi connectivity index (χ2n) is 10.2. The van der Waals surface area contributed by atoms with Gasteiger partial charge in [-0.15, -0.1) is 0 Å². The standard InChI is InChI=1S/C25H40O3/c1-25(2)20-16-19(14-15-23(26)18-10-6-5-7-11-18)21(22(25)17-20)12-8-3-4-9-13-24(27)28/h3,8,14-15,18-23,26H,4-7,9-13,16-17H2,1-2H3,(H,27,28)/b8-3-,15-14+/t19-,20-,21+,22-,23+/m0/s1. The first-order valence-electron chi connectivity index (χ1n) is 11.6. The Bertz CT molecular complexity index is 570. The zero-order chi connectivity index (χ0) is 20.1. The van der Waals surface area contributed by atoms with Gasteiger partial charge in [-0.2, -0.15) is 0 Å². The van der Waals surface area contributed by atoms with Crippen molar-refractivity contribution in [3.05, 3.63) is 24.3 Å². The Labute approximate surface area is 171 Å². The van der Waals surface area contributed by atoms with E-state index in [2.05, 4.69) is 38.2 Å². The molecular weight excluding hydrogens is 348 g/mol.